The molecule has 11 heavy (non-hydrogen) atoms. The third-order valence-corrected chi connectivity index (χ3v) is 0.992. The van der Waals surface area contributed by atoms with Crippen molar-refractivity contribution in [2.24, 2.45) is 0 Å². The van der Waals surface area contributed by atoms with Crippen LogP contribution in [0.1, 0.15) is 0 Å². The minimum atomic E-state index is -2.64. The molecular formula is C5HF4O2. The van der Waals surface area contributed by atoms with Crippen LogP contribution >= 0.6 is 0 Å². The first kappa shape index (κ1) is 8.06. The van der Waals surface area contributed by atoms with E-state index >= 15 is 0 Å². The van der Waals surface area contributed by atoms with Crippen molar-refractivity contribution < 1.29 is 27.4 Å². The maximum absolute atomic E-state index is 12.0. The minimum absolute atomic E-state index is 1.98. The Labute approximate surface area is 58.4 Å². The summed E-state index contributed by atoms with van der Waals surface area (Å²) < 4.78 is 51.3. The van der Waals surface area contributed by atoms with Crippen LogP contribution in [0.2, 0.25) is 0 Å². The lowest BCUT2D eigenvalue weighted by molar-refractivity contribution is -0.122. The lowest BCUT2D eigenvalue weighted by atomic mass is 10.3. The predicted octanol–water partition coefficient (Wildman–Crippen LogP) is 2.03. The lowest BCUT2D eigenvalue weighted by Gasteiger charge is -2.12. The fraction of sp³-hybridized carbons (Fsp3) is 0.200. The van der Waals surface area contributed by atoms with Gasteiger partial charge in [0.2, 0.25) is 17.5 Å². The van der Waals surface area contributed by atoms with E-state index in [4.69, 9.17) is 0 Å². The second kappa shape index (κ2) is 2.54. The molecule has 0 aromatic rings. The zero-order chi connectivity index (χ0) is 8.59. The third-order valence-electron chi connectivity index (χ3n) is 0.992. The Morgan fingerprint density at radius 2 is 1.64 bits per heavy atom. The van der Waals surface area contributed by atoms with Crippen LogP contribution in [0.15, 0.2) is 23.5 Å². The van der Waals surface area contributed by atoms with Gasteiger partial charge in [-0.05, 0) is 0 Å². The molecule has 0 aliphatic carbocycles. The van der Waals surface area contributed by atoms with Gasteiger partial charge in [-0.2, -0.15) is 13.9 Å². The number of hydrogen-bond donors (Lipinski definition) is 0. The summed E-state index contributed by atoms with van der Waals surface area (Å²) in [5, 5.41) is 10.1. The van der Waals surface area contributed by atoms with Gasteiger partial charge in [-0.1, -0.05) is 0 Å². The van der Waals surface area contributed by atoms with E-state index in [2.05, 4.69) is 4.74 Å². The fourth-order valence-corrected chi connectivity index (χ4v) is 0.492. The summed E-state index contributed by atoms with van der Waals surface area (Å²) >= 11 is 0. The summed E-state index contributed by atoms with van der Waals surface area (Å²) in [6.45, 7) is 0. The first-order valence-electron chi connectivity index (χ1n) is 2.47. The van der Waals surface area contributed by atoms with Crippen LogP contribution in [0.5, 0.6) is 0 Å². The van der Waals surface area contributed by atoms with Gasteiger partial charge in [-0.3, -0.25) is 0 Å². The summed E-state index contributed by atoms with van der Waals surface area (Å²) in [6.07, 6.45) is -2.64. The average molecular weight is 169 g/mol. The number of ether oxygens (including phenoxy) is 1. The van der Waals surface area contributed by atoms with Crippen molar-refractivity contribution in [1.29, 1.82) is 0 Å². The fourth-order valence-electron chi connectivity index (χ4n) is 0.492. The predicted molar refractivity (Wildman–Crippen MR) is 24.0 cm³/mol. The highest BCUT2D eigenvalue weighted by molar-refractivity contribution is 5.26. The summed E-state index contributed by atoms with van der Waals surface area (Å²) in [5.74, 6) is -6.23. The number of rotatable bonds is 0. The Morgan fingerprint density at radius 1 is 1.09 bits per heavy atom. The molecular weight excluding hydrogens is 168 g/mol. The molecule has 0 saturated carbocycles. The van der Waals surface area contributed by atoms with Crippen LogP contribution in [0, 0.1) is 0 Å². The van der Waals surface area contributed by atoms with Crippen LogP contribution in [0.3, 0.4) is 0 Å². The minimum Gasteiger partial charge on any atom is -0.429 e. The van der Waals surface area contributed by atoms with Gasteiger partial charge in [-0.15, -0.1) is 0 Å². The van der Waals surface area contributed by atoms with Crippen molar-refractivity contribution in [3.8, 4) is 0 Å². The Balaban J connectivity index is 3.07. The smallest absolute Gasteiger partial charge is 0.315 e. The van der Waals surface area contributed by atoms with Crippen LogP contribution in [0.25, 0.3) is 0 Å². The standard InChI is InChI=1S/C5HF4O2/c6-1-2(7)4(9)11-5(10)3(1)8/h5H. The van der Waals surface area contributed by atoms with Crippen LogP contribution in [-0.2, 0) is 9.84 Å². The highest BCUT2D eigenvalue weighted by Gasteiger charge is 2.32. The molecule has 0 saturated heterocycles. The molecule has 1 radical (unpaired) electrons. The first-order valence-corrected chi connectivity index (χ1v) is 2.47. The molecule has 0 N–H and O–H groups in total. The quantitative estimate of drug-likeness (QED) is 0.510. The van der Waals surface area contributed by atoms with Gasteiger partial charge in [0.1, 0.15) is 0 Å². The number of halogens is 4. The molecule has 1 aliphatic heterocycles. The SMILES string of the molecule is [O]C1OC(F)=C(F)C(F)=C1F. The molecule has 0 aromatic carbocycles. The van der Waals surface area contributed by atoms with Crippen molar-refractivity contribution in [1.82, 2.24) is 0 Å². The molecule has 0 aromatic heterocycles. The van der Waals surface area contributed by atoms with E-state index < -0.39 is 29.8 Å². The molecule has 6 heteroatoms. The molecule has 0 amide bonds. The monoisotopic (exact) mass is 169 g/mol. The van der Waals surface area contributed by atoms with E-state index in [1.807, 2.05) is 0 Å². The lowest BCUT2D eigenvalue weighted by Crippen LogP contribution is -2.15. The molecule has 2 nitrogen and oxygen atoms in total. The van der Waals surface area contributed by atoms with E-state index in [0.29, 0.717) is 0 Å². The highest BCUT2D eigenvalue weighted by Crippen LogP contribution is 2.31. The molecule has 1 unspecified atom stereocenters. The van der Waals surface area contributed by atoms with E-state index in [-0.39, 0.29) is 0 Å². The zero-order valence-electron chi connectivity index (χ0n) is 4.91. The van der Waals surface area contributed by atoms with Gasteiger partial charge in [0.15, 0.2) is 0 Å². The van der Waals surface area contributed by atoms with E-state index in [1.165, 1.54) is 0 Å². The molecule has 1 atom stereocenters. The summed E-state index contributed by atoms with van der Waals surface area (Å²) in [5.41, 5.74) is 0. The topological polar surface area (TPSA) is 29.1 Å². The first-order chi connectivity index (χ1) is 5.04. The van der Waals surface area contributed by atoms with Gasteiger partial charge >= 0.3 is 6.01 Å². The van der Waals surface area contributed by atoms with Crippen LogP contribution in [-0.4, -0.2) is 6.29 Å². The van der Waals surface area contributed by atoms with Crippen LogP contribution < -0.4 is 0 Å². The highest BCUT2D eigenvalue weighted by atomic mass is 19.2. The Bertz CT molecular complexity index is 245. The zero-order valence-corrected chi connectivity index (χ0v) is 4.91. The Kier molecular flexibility index (Phi) is 1.86. The van der Waals surface area contributed by atoms with Gasteiger partial charge in [-0.25, -0.2) is 8.78 Å². The molecule has 1 heterocycles. The molecule has 1 rings (SSSR count). The normalized spacial score (nSPS) is 25.7. The third kappa shape index (κ3) is 1.21. The second-order valence-electron chi connectivity index (χ2n) is 1.70. The molecule has 0 bridgehead atoms. The van der Waals surface area contributed by atoms with Gasteiger partial charge in [0, 0.05) is 0 Å². The number of hydrogen-bond acceptors (Lipinski definition) is 1. The largest absolute Gasteiger partial charge is 0.429 e. The summed E-state index contributed by atoms with van der Waals surface area (Å²) in [4.78, 5) is 0. The van der Waals surface area contributed by atoms with Crippen molar-refractivity contribution in [2.45, 2.75) is 6.29 Å². The summed E-state index contributed by atoms with van der Waals surface area (Å²) in [7, 11) is 0. The average Bonchev–Trinajstić information content (AvgIpc) is 1.97. The maximum Gasteiger partial charge on any atom is 0.315 e. The maximum atomic E-state index is 12.0. The van der Waals surface area contributed by atoms with Crippen molar-refractivity contribution in [3.63, 3.8) is 0 Å². The van der Waals surface area contributed by atoms with Crippen LogP contribution in [0.4, 0.5) is 17.6 Å². The number of allylic oxidation sites excluding steroid dienone is 2. The Morgan fingerprint density at radius 3 is 2.18 bits per heavy atom. The molecule has 61 valence electrons. The van der Waals surface area contributed by atoms with E-state index in [1.54, 1.807) is 0 Å². The van der Waals surface area contributed by atoms with Crippen molar-refractivity contribution >= 4 is 0 Å². The van der Waals surface area contributed by atoms with E-state index in [9.17, 15) is 22.7 Å². The van der Waals surface area contributed by atoms with Gasteiger partial charge in [0.25, 0.3) is 6.29 Å². The van der Waals surface area contributed by atoms with Crippen molar-refractivity contribution in [3.05, 3.63) is 23.5 Å². The molecule has 0 fully saturated rings. The van der Waals surface area contributed by atoms with Gasteiger partial charge < -0.3 is 4.74 Å². The Hall–Kier alpha value is -1.04. The second-order valence-corrected chi connectivity index (χ2v) is 1.70. The molecule has 1 aliphatic rings. The van der Waals surface area contributed by atoms with E-state index in [0.717, 1.165) is 0 Å². The van der Waals surface area contributed by atoms with Gasteiger partial charge in [0.05, 0.1) is 0 Å². The molecule has 0 spiro atoms. The summed E-state index contributed by atoms with van der Waals surface area (Å²) in [6, 6.07) is -2.02. The van der Waals surface area contributed by atoms with Crippen molar-refractivity contribution in [2.75, 3.05) is 0 Å².